The van der Waals surface area contributed by atoms with E-state index >= 15 is 0 Å². The van der Waals surface area contributed by atoms with Crippen LogP contribution in [0, 0.1) is 11.8 Å². The van der Waals surface area contributed by atoms with Gasteiger partial charge in [0.25, 0.3) is 0 Å². The van der Waals surface area contributed by atoms with E-state index in [-0.39, 0.29) is 0 Å². The first kappa shape index (κ1) is 24.1. The van der Waals surface area contributed by atoms with Crippen LogP contribution in [0.5, 0.6) is 0 Å². The van der Waals surface area contributed by atoms with E-state index in [0.717, 1.165) is 17.5 Å². The minimum absolute atomic E-state index is 0.611. The van der Waals surface area contributed by atoms with Crippen LogP contribution in [0.1, 0.15) is 106 Å². The van der Waals surface area contributed by atoms with E-state index in [2.05, 4.69) is 72.2 Å². The molecule has 2 saturated carbocycles. The van der Waals surface area contributed by atoms with Gasteiger partial charge >= 0.3 is 0 Å². The lowest BCUT2D eigenvalue weighted by atomic mass is 9.74. The summed E-state index contributed by atoms with van der Waals surface area (Å²) in [5, 5.41) is 2.45. The maximum Gasteiger partial charge on any atom is 0.0739 e. The molecule has 2 fully saturated rings. The van der Waals surface area contributed by atoms with Crippen molar-refractivity contribution in [1.82, 2.24) is 0 Å². The fraction of sp³-hybridized carbons (Fsp3) is 0.516. The van der Waals surface area contributed by atoms with Gasteiger partial charge in [-0.15, -0.1) is 0 Å². The van der Waals surface area contributed by atoms with Gasteiger partial charge in [-0.2, -0.15) is 4.99 Å². The zero-order valence-electron chi connectivity index (χ0n) is 20.3. The summed E-state index contributed by atoms with van der Waals surface area (Å²) in [5.74, 6) is 3.00. The van der Waals surface area contributed by atoms with Crippen molar-refractivity contribution >= 4 is 28.6 Å². The van der Waals surface area contributed by atoms with Crippen LogP contribution in [0.25, 0.3) is 5.57 Å². The molecule has 0 heterocycles. The maximum absolute atomic E-state index is 4.70. The smallest absolute Gasteiger partial charge is 0.0739 e. The third kappa shape index (κ3) is 6.31. The highest BCUT2D eigenvalue weighted by molar-refractivity contribution is 7.78. The number of nitrogens with zero attached hydrogens (tertiary/aromatic N) is 1. The molecular weight excluding hydrogens is 418 g/mol. The highest BCUT2D eigenvalue weighted by atomic mass is 32.1. The summed E-state index contributed by atoms with van der Waals surface area (Å²) in [4.78, 5) is 4.06. The first-order valence-electron chi connectivity index (χ1n) is 13.1. The molecule has 0 N–H and O–H groups in total. The second-order valence-electron chi connectivity index (χ2n) is 10.4. The van der Waals surface area contributed by atoms with Crippen molar-refractivity contribution in [3.05, 3.63) is 71.8 Å². The average Bonchev–Trinajstić information content (AvgIpc) is 2.88. The lowest BCUT2D eigenvalue weighted by Crippen LogP contribution is -2.15. The molecule has 2 aromatic carbocycles. The summed E-state index contributed by atoms with van der Waals surface area (Å²) < 4.78 is 0. The molecule has 174 valence electrons. The molecule has 0 bridgehead atoms. The zero-order chi connectivity index (χ0) is 23.0. The van der Waals surface area contributed by atoms with Gasteiger partial charge in [-0.1, -0.05) is 69.2 Å². The molecule has 0 amide bonds. The highest BCUT2D eigenvalue weighted by Gasteiger charge is 2.25. The fourth-order valence-electron chi connectivity index (χ4n) is 6.13. The van der Waals surface area contributed by atoms with E-state index in [1.165, 1.54) is 87.3 Å². The molecule has 4 rings (SSSR count). The summed E-state index contributed by atoms with van der Waals surface area (Å²) in [6, 6.07) is 18.0. The number of rotatable bonds is 8. The first-order valence-corrected chi connectivity index (χ1v) is 13.6. The van der Waals surface area contributed by atoms with Crippen molar-refractivity contribution < 1.29 is 0 Å². The van der Waals surface area contributed by atoms with Gasteiger partial charge in [0.05, 0.1) is 10.8 Å². The Hall–Kier alpha value is -2.02. The van der Waals surface area contributed by atoms with Crippen LogP contribution in [0.3, 0.4) is 0 Å². The van der Waals surface area contributed by atoms with Crippen LogP contribution in [-0.2, 0) is 0 Å². The van der Waals surface area contributed by atoms with Crippen LogP contribution < -0.4 is 0 Å². The molecule has 0 spiro atoms. The van der Waals surface area contributed by atoms with Gasteiger partial charge in [0.15, 0.2) is 0 Å². The van der Waals surface area contributed by atoms with E-state index in [4.69, 9.17) is 12.2 Å². The Morgan fingerprint density at radius 1 is 0.848 bits per heavy atom. The minimum atomic E-state index is 0.611. The molecule has 0 radical (unpaired) electrons. The van der Waals surface area contributed by atoms with Crippen LogP contribution >= 0.6 is 12.2 Å². The van der Waals surface area contributed by atoms with Crippen molar-refractivity contribution in [2.75, 3.05) is 0 Å². The second-order valence-corrected chi connectivity index (χ2v) is 10.5. The van der Waals surface area contributed by atoms with Crippen LogP contribution in [-0.4, -0.2) is 5.16 Å². The molecule has 2 aromatic rings. The van der Waals surface area contributed by atoms with Crippen molar-refractivity contribution in [2.45, 2.75) is 89.4 Å². The van der Waals surface area contributed by atoms with Crippen LogP contribution in [0.4, 0.5) is 5.69 Å². The molecule has 33 heavy (non-hydrogen) atoms. The van der Waals surface area contributed by atoms with Gasteiger partial charge in [0, 0.05) is 0 Å². The number of isothiocyanates is 1. The Morgan fingerprint density at radius 2 is 1.39 bits per heavy atom. The third-order valence-corrected chi connectivity index (χ3v) is 8.42. The minimum Gasteiger partial charge on any atom is -0.195 e. The van der Waals surface area contributed by atoms with Gasteiger partial charge in [-0.25, -0.2) is 0 Å². The molecule has 0 atom stereocenters. The Balaban J connectivity index is 1.28. The number of benzene rings is 2. The maximum atomic E-state index is 4.70. The number of hydrogen-bond acceptors (Lipinski definition) is 2. The van der Waals surface area contributed by atoms with Crippen molar-refractivity contribution in [1.29, 1.82) is 0 Å². The van der Waals surface area contributed by atoms with Crippen LogP contribution in [0.15, 0.2) is 60.1 Å². The average molecular weight is 458 g/mol. The standard InChI is InChI=1S/C31H39NS/c1-3-4-5-24-6-8-27(9-7-24)28-14-10-25(11-15-28)23(2)26-12-16-29(17-13-26)30-18-20-31(21-19-30)32-22-33/h10-11,14-15,18-21,24,26-27,29H,2-9,12-13,16-17H2,1H3. The van der Waals surface area contributed by atoms with E-state index in [1.54, 1.807) is 5.56 Å². The Morgan fingerprint density at radius 3 is 1.94 bits per heavy atom. The Kier molecular flexibility index (Phi) is 8.70. The molecule has 0 unspecified atom stereocenters. The molecule has 2 heteroatoms. The van der Waals surface area contributed by atoms with E-state index in [0.29, 0.717) is 11.8 Å². The number of aliphatic imine (C=N–C) groups is 1. The van der Waals surface area contributed by atoms with Gasteiger partial charge in [-0.05, 0) is 122 Å². The normalized spacial score (nSPS) is 25.2. The molecule has 0 aromatic heterocycles. The fourth-order valence-corrected chi connectivity index (χ4v) is 6.24. The van der Waals surface area contributed by atoms with E-state index in [1.807, 2.05) is 0 Å². The summed E-state index contributed by atoms with van der Waals surface area (Å²) in [6.07, 6.45) is 14.7. The topological polar surface area (TPSA) is 12.4 Å². The molecule has 1 nitrogen and oxygen atoms in total. The quantitative estimate of drug-likeness (QED) is 0.284. The zero-order valence-corrected chi connectivity index (χ0v) is 21.1. The summed E-state index contributed by atoms with van der Waals surface area (Å²) >= 11 is 4.70. The van der Waals surface area contributed by atoms with E-state index in [9.17, 15) is 0 Å². The lowest BCUT2D eigenvalue weighted by molar-refractivity contribution is 0.304. The Labute approximate surface area is 206 Å². The summed E-state index contributed by atoms with van der Waals surface area (Å²) in [5.41, 5.74) is 6.56. The molecule has 2 aliphatic rings. The van der Waals surface area contributed by atoms with E-state index < -0.39 is 0 Å². The SMILES string of the molecule is C=C(c1ccc(C2CCC(CCCC)CC2)cc1)C1CCC(c2ccc(N=C=S)cc2)CC1. The van der Waals surface area contributed by atoms with Crippen molar-refractivity contribution in [3.63, 3.8) is 0 Å². The Bertz CT molecular complexity index is 935. The number of unbranched alkanes of at least 4 members (excludes halogenated alkanes) is 1. The van der Waals surface area contributed by atoms with Gasteiger partial charge in [-0.3, -0.25) is 0 Å². The largest absolute Gasteiger partial charge is 0.195 e. The third-order valence-electron chi connectivity index (χ3n) is 8.32. The molecule has 2 aliphatic carbocycles. The predicted molar refractivity (Wildman–Crippen MR) is 146 cm³/mol. The van der Waals surface area contributed by atoms with Crippen molar-refractivity contribution in [2.24, 2.45) is 16.8 Å². The number of allylic oxidation sites excluding steroid dienone is 1. The number of hydrogen-bond donors (Lipinski definition) is 0. The summed E-state index contributed by atoms with van der Waals surface area (Å²) in [7, 11) is 0. The van der Waals surface area contributed by atoms with Gasteiger partial charge in [0.2, 0.25) is 0 Å². The number of thiocarbonyl (C=S) groups is 1. The molecule has 0 saturated heterocycles. The van der Waals surface area contributed by atoms with Gasteiger partial charge < -0.3 is 0 Å². The summed E-state index contributed by atoms with van der Waals surface area (Å²) in [6.45, 7) is 6.84. The highest BCUT2D eigenvalue weighted by Crippen LogP contribution is 2.42. The predicted octanol–water partition coefficient (Wildman–Crippen LogP) is 9.87. The van der Waals surface area contributed by atoms with Crippen molar-refractivity contribution in [3.8, 4) is 0 Å². The lowest BCUT2D eigenvalue weighted by Gasteiger charge is -2.31. The molecular formula is C31H39NS. The second kappa shape index (κ2) is 11.9. The molecule has 0 aliphatic heterocycles. The first-order chi connectivity index (χ1) is 16.2. The van der Waals surface area contributed by atoms with Gasteiger partial charge in [0.1, 0.15) is 0 Å². The van der Waals surface area contributed by atoms with Crippen LogP contribution in [0.2, 0.25) is 0 Å². The monoisotopic (exact) mass is 457 g/mol.